The van der Waals surface area contributed by atoms with Crippen LogP contribution in [0.15, 0.2) is 6.20 Å². The van der Waals surface area contributed by atoms with Gasteiger partial charge in [0.15, 0.2) is 6.29 Å². The number of nitrogens with one attached hydrogen (secondary N) is 1. The summed E-state index contributed by atoms with van der Waals surface area (Å²) in [6.07, 6.45) is 3.64. The Morgan fingerprint density at radius 2 is 1.89 bits per heavy atom. The van der Waals surface area contributed by atoms with E-state index >= 15 is 0 Å². The van der Waals surface area contributed by atoms with Crippen molar-refractivity contribution in [3.05, 3.63) is 28.7 Å². The number of hydrazine groups is 1. The predicted octanol–water partition coefficient (Wildman–Crippen LogP) is 2.28. The number of aryl methyl sites for hydroxylation is 1. The minimum Gasteiger partial charge on any atom is -0.444 e. The summed E-state index contributed by atoms with van der Waals surface area (Å²) in [5.41, 5.74) is 9.21. The van der Waals surface area contributed by atoms with Gasteiger partial charge in [-0.25, -0.2) is 10.6 Å². The van der Waals surface area contributed by atoms with Crippen molar-refractivity contribution in [3.8, 4) is 0 Å². The summed E-state index contributed by atoms with van der Waals surface area (Å²) in [5.74, 6) is 6.21. The van der Waals surface area contributed by atoms with Gasteiger partial charge in [0.25, 0.3) is 0 Å². The third-order valence-electron chi connectivity index (χ3n) is 4.71. The molecule has 1 aliphatic heterocycles. The molecule has 0 spiro atoms. The lowest BCUT2D eigenvalue weighted by Crippen LogP contribution is -2.48. The lowest BCUT2D eigenvalue weighted by atomic mass is 10.0. The molecule has 0 atom stereocenters. The highest BCUT2D eigenvalue weighted by Crippen LogP contribution is 2.23. The van der Waals surface area contributed by atoms with E-state index in [1.165, 1.54) is 0 Å². The average molecular weight is 377 g/mol. The summed E-state index contributed by atoms with van der Waals surface area (Å²) >= 11 is 0. The summed E-state index contributed by atoms with van der Waals surface area (Å²) in [6.45, 7) is 10.5. The maximum Gasteiger partial charge on any atom is 0.410 e. The van der Waals surface area contributed by atoms with E-state index in [-0.39, 0.29) is 12.1 Å². The molecule has 1 aliphatic rings. The highest BCUT2D eigenvalue weighted by Gasteiger charge is 2.28. The largest absolute Gasteiger partial charge is 0.444 e. The van der Waals surface area contributed by atoms with Gasteiger partial charge in [-0.05, 0) is 53.0 Å². The van der Waals surface area contributed by atoms with Crippen molar-refractivity contribution in [3.63, 3.8) is 0 Å². The van der Waals surface area contributed by atoms with E-state index in [9.17, 15) is 9.59 Å². The summed E-state index contributed by atoms with van der Waals surface area (Å²) in [7, 11) is 0. The molecule has 2 heterocycles. The molecule has 2 rings (SSSR count). The molecule has 0 bridgehead atoms. The van der Waals surface area contributed by atoms with Gasteiger partial charge in [0.1, 0.15) is 5.60 Å². The second-order valence-electron chi connectivity index (χ2n) is 8.01. The Labute approximate surface area is 160 Å². The molecule has 0 unspecified atom stereocenters. The normalized spacial score (nSPS) is 16.4. The van der Waals surface area contributed by atoms with Crippen molar-refractivity contribution in [2.45, 2.75) is 59.1 Å². The predicted molar refractivity (Wildman–Crippen MR) is 105 cm³/mol. The highest BCUT2D eigenvalue weighted by atomic mass is 16.6. The number of hydrogen-bond donors (Lipinski definition) is 3. The zero-order valence-electron chi connectivity index (χ0n) is 16.8. The second-order valence-corrected chi connectivity index (χ2v) is 8.01. The Bertz CT molecular complexity index is 724. The number of amides is 1. The fraction of sp³-hybridized carbons (Fsp3) is 0.579. The van der Waals surface area contributed by atoms with E-state index in [1.54, 1.807) is 16.1 Å². The summed E-state index contributed by atoms with van der Waals surface area (Å²) in [4.78, 5) is 28.0. The van der Waals surface area contributed by atoms with E-state index in [2.05, 4.69) is 4.98 Å². The fourth-order valence-electron chi connectivity index (χ4n) is 3.33. The fourth-order valence-corrected chi connectivity index (χ4v) is 3.33. The summed E-state index contributed by atoms with van der Waals surface area (Å²) < 4.78 is 5.41. The van der Waals surface area contributed by atoms with Crippen molar-refractivity contribution in [2.24, 2.45) is 11.6 Å². The van der Waals surface area contributed by atoms with Crippen LogP contribution < -0.4 is 11.6 Å². The van der Waals surface area contributed by atoms with Crippen LogP contribution >= 0.6 is 0 Å². The van der Waals surface area contributed by atoms with Gasteiger partial charge in [0.05, 0.1) is 11.4 Å². The Hall–Kier alpha value is -2.48. The highest BCUT2D eigenvalue weighted by molar-refractivity contribution is 5.80. The van der Waals surface area contributed by atoms with Gasteiger partial charge in [-0.1, -0.05) is 0 Å². The molecule has 0 aromatic carbocycles. The minimum atomic E-state index is -0.502. The standard InChI is InChI=1S/C19H31N5O3/c1-12-16(11-25)22-13(2)17(12)15(20)10-24(21)14-6-8-23(9-7-14)18(26)27-19(3,4)5/h10-11,14,22H,6-9,20-21H2,1-5H3/b15-10-. The first-order valence-corrected chi connectivity index (χ1v) is 9.16. The van der Waals surface area contributed by atoms with Crippen LogP contribution in [0.4, 0.5) is 4.79 Å². The number of aromatic nitrogens is 1. The number of H-pyrrole nitrogens is 1. The van der Waals surface area contributed by atoms with E-state index in [4.69, 9.17) is 16.3 Å². The van der Waals surface area contributed by atoms with Gasteiger partial charge < -0.3 is 25.4 Å². The SMILES string of the molecule is Cc1[nH]c(C=O)c(C)c1/C(N)=C/N(N)C1CCN(C(=O)OC(C)(C)C)CC1. The van der Waals surface area contributed by atoms with Crippen LogP contribution in [0.1, 0.15) is 60.9 Å². The first kappa shape index (κ1) is 20.8. The number of ether oxygens (including phenoxy) is 1. The van der Waals surface area contributed by atoms with Crippen LogP contribution in [-0.4, -0.2) is 52.0 Å². The first-order chi connectivity index (χ1) is 12.5. The lowest BCUT2D eigenvalue weighted by Gasteiger charge is -2.36. The van der Waals surface area contributed by atoms with Crippen LogP contribution in [0, 0.1) is 13.8 Å². The quantitative estimate of drug-likeness (QED) is 0.421. The second kappa shape index (κ2) is 8.04. The van der Waals surface area contributed by atoms with Crippen molar-refractivity contribution in [1.82, 2.24) is 14.9 Å². The van der Waals surface area contributed by atoms with Crippen LogP contribution in [0.5, 0.6) is 0 Å². The molecule has 1 fully saturated rings. The molecule has 8 nitrogen and oxygen atoms in total. The zero-order chi connectivity index (χ0) is 20.4. The summed E-state index contributed by atoms with van der Waals surface area (Å²) in [6, 6.07) is 0.0762. The number of nitrogens with zero attached hydrogens (tertiary/aromatic N) is 2. The smallest absolute Gasteiger partial charge is 0.410 e. The van der Waals surface area contributed by atoms with E-state index in [1.807, 2.05) is 34.6 Å². The molecule has 0 aliphatic carbocycles. The maximum absolute atomic E-state index is 12.2. The van der Waals surface area contributed by atoms with Crippen molar-refractivity contribution < 1.29 is 14.3 Å². The van der Waals surface area contributed by atoms with E-state index < -0.39 is 5.60 Å². The minimum absolute atomic E-state index is 0.0762. The van der Waals surface area contributed by atoms with E-state index in [0.717, 1.165) is 35.9 Å². The van der Waals surface area contributed by atoms with Crippen LogP contribution in [0.25, 0.3) is 5.70 Å². The first-order valence-electron chi connectivity index (χ1n) is 9.16. The molecule has 1 amide bonds. The Kier molecular flexibility index (Phi) is 6.20. The number of rotatable bonds is 4. The number of hydrogen-bond acceptors (Lipinski definition) is 6. The summed E-state index contributed by atoms with van der Waals surface area (Å²) in [5, 5.41) is 1.61. The Morgan fingerprint density at radius 1 is 1.30 bits per heavy atom. The number of nitrogens with two attached hydrogens (primary N) is 2. The van der Waals surface area contributed by atoms with Crippen molar-refractivity contribution in [2.75, 3.05) is 13.1 Å². The average Bonchev–Trinajstić information content (AvgIpc) is 2.87. The molecule has 8 heteroatoms. The van der Waals surface area contributed by atoms with Gasteiger partial charge in [0, 0.05) is 36.6 Å². The third-order valence-corrected chi connectivity index (χ3v) is 4.71. The number of piperidine rings is 1. The molecule has 27 heavy (non-hydrogen) atoms. The van der Waals surface area contributed by atoms with Gasteiger partial charge in [-0.3, -0.25) is 4.79 Å². The molecule has 0 saturated carbocycles. The molecule has 1 saturated heterocycles. The molecule has 5 N–H and O–H groups in total. The number of aromatic amines is 1. The van der Waals surface area contributed by atoms with Crippen LogP contribution in [0.3, 0.4) is 0 Å². The molecule has 1 aromatic rings. The number of aldehydes is 1. The van der Waals surface area contributed by atoms with Crippen molar-refractivity contribution >= 4 is 18.1 Å². The molecular formula is C19H31N5O3. The molecule has 1 aromatic heterocycles. The maximum atomic E-state index is 12.2. The third kappa shape index (κ3) is 5.03. The van der Waals surface area contributed by atoms with Gasteiger partial charge >= 0.3 is 6.09 Å². The lowest BCUT2D eigenvalue weighted by molar-refractivity contribution is 0.0165. The molecule has 150 valence electrons. The Morgan fingerprint density at radius 3 is 2.37 bits per heavy atom. The number of carbonyl (C=O) groups excluding carboxylic acids is 2. The van der Waals surface area contributed by atoms with Crippen LogP contribution in [0.2, 0.25) is 0 Å². The zero-order valence-corrected chi connectivity index (χ0v) is 16.8. The van der Waals surface area contributed by atoms with Crippen LogP contribution in [-0.2, 0) is 4.74 Å². The van der Waals surface area contributed by atoms with Gasteiger partial charge in [0.2, 0.25) is 0 Å². The van der Waals surface area contributed by atoms with Crippen molar-refractivity contribution in [1.29, 1.82) is 0 Å². The van der Waals surface area contributed by atoms with E-state index in [0.29, 0.717) is 24.5 Å². The topological polar surface area (TPSA) is 118 Å². The number of likely N-dealkylation sites (tertiary alicyclic amines) is 1. The molecule has 0 radical (unpaired) electrons. The van der Waals surface area contributed by atoms with Gasteiger partial charge in [-0.15, -0.1) is 0 Å². The van der Waals surface area contributed by atoms with Gasteiger partial charge in [-0.2, -0.15) is 0 Å². The number of carbonyl (C=O) groups is 2. The Balaban J connectivity index is 2.00. The molecular weight excluding hydrogens is 346 g/mol. The monoisotopic (exact) mass is 377 g/mol.